The lowest BCUT2D eigenvalue weighted by molar-refractivity contribution is 0.0770. The van der Waals surface area contributed by atoms with Crippen molar-refractivity contribution in [2.24, 2.45) is 0 Å². The Balaban J connectivity index is 1.58. The Morgan fingerprint density at radius 3 is 2.74 bits per heavy atom. The molecule has 0 amide bonds. The maximum atomic E-state index is 5.50. The molecule has 2 atom stereocenters. The Bertz CT molecular complexity index is 378. The summed E-state index contributed by atoms with van der Waals surface area (Å²) in [6.07, 6.45) is 3.70. The minimum Gasteiger partial charge on any atom is -0.379 e. The maximum absolute atomic E-state index is 5.50. The molecule has 2 saturated heterocycles. The van der Waals surface area contributed by atoms with Gasteiger partial charge < -0.3 is 15.4 Å². The Morgan fingerprint density at radius 2 is 2.05 bits per heavy atom. The third kappa shape index (κ3) is 3.56. The molecule has 2 heterocycles. The van der Waals surface area contributed by atoms with Crippen molar-refractivity contribution in [3.05, 3.63) is 35.4 Å². The molecular weight excluding hydrogens is 236 g/mol. The molecule has 3 heteroatoms. The number of ether oxygens (including phenoxy) is 1. The molecule has 2 N–H and O–H groups in total. The SMILES string of the molecule is c1cc(C2CCCNC2)ccc1CC1COCCN1. The summed E-state index contributed by atoms with van der Waals surface area (Å²) in [5, 5.41) is 7.00. The molecule has 0 spiro atoms. The van der Waals surface area contributed by atoms with E-state index in [1.807, 2.05) is 0 Å². The van der Waals surface area contributed by atoms with E-state index in [0.717, 1.165) is 32.7 Å². The second-order valence-corrected chi connectivity index (χ2v) is 5.71. The third-order valence-corrected chi connectivity index (χ3v) is 4.23. The van der Waals surface area contributed by atoms with E-state index >= 15 is 0 Å². The Kier molecular flexibility index (Phi) is 4.49. The van der Waals surface area contributed by atoms with Gasteiger partial charge in [-0.3, -0.25) is 0 Å². The van der Waals surface area contributed by atoms with Gasteiger partial charge >= 0.3 is 0 Å². The van der Waals surface area contributed by atoms with Gasteiger partial charge in [0.25, 0.3) is 0 Å². The van der Waals surface area contributed by atoms with Crippen LogP contribution in [0.4, 0.5) is 0 Å². The molecule has 1 aromatic carbocycles. The molecular formula is C16H24N2O. The summed E-state index contributed by atoms with van der Waals surface area (Å²) in [5.41, 5.74) is 2.90. The summed E-state index contributed by atoms with van der Waals surface area (Å²) in [6.45, 7) is 4.99. The van der Waals surface area contributed by atoms with Gasteiger partial charge in [-0.1, -0.05) is 24.3 Å². The molecule has 1 aromatic rings. The van der Waals surface area contributed by atoms with Crippen molar-refractivity contribution >= 4 is 0 Å². The van der Waals surface area contributed by atoms with Gasteiger partial charge in [0, 0.05) is 19.1 Å². The summed E-state index contributed by atoms with van der Waals surface area (Å²) in [6, 6.07) is 9.70. The number of hydrogen-bond donors (Lipinski definition) is 2. The lowest BCUT2D eigenvalue weighted by Crippen LogP contribution is -2.42. The highest BCUT2D eigenvalue weighted by Crippen LogP contribution is 2.23. The molecule has 104 valence electrons. The summed E-state index contributed by atoms with van der Waals surface area (Å²) in [7, 11) is 0. The van der Waals surface area contributed by atoms with Crippen LogP contribution in [0.1, 0.15) is 29.9 Å². The predicted molar refractivity (Wildman–Crippen MR) is 77.6 cm³/mol. The molecule has 0 aliphatic carbocycles. The van der Waals surface area contributed by atoms with Gasteiger partial charge in [0.2, 0.25) is 0 Å². The highest BCUT2D eigenvalue weighted by atomic mass is 16.5. The van der Waals surface area contributed by atoms with Gasteiger partial charge in [-0.2, -0.15) is 0 Å². The summed E-state index contributed by atoms with van der Waals surface area (Å²) in [5.74, 6) is 0.707. The van der Waals surface area contributed by atoms with Crippen LogP contribution in [0, 0.1) is 0 Å². The van der Waals surface area contributed by atoms with Crippen LogP contribution in [0.2, 0.25) is 0 Å². The fraction of sp³-hybridized carbons (Fsp3) is 0.625. The predicted octanol–water partition coefficient (Wildman–Crippen LogP) is 1.68. The van der Waals surface area contributed by atoms with Crippen LogP contribution in [0.25, 0.3) is 0 Å². The van der Waals surface area contributed by atoms with E-state index in [9.17, 15) is 0 Å². The first-order valence-electron chi connectivity index (χ1n) is 7.52. The molecule has 3 nitrogen and oxygen atoms in total. The zero-order valence-corrected chi connectivity index (χ0v) is 11.5. The Morgan fingerprint density at radius 1 is 1.16 bits per heavy atom. The molecule has 2 aliphatic heterocycles. The van der Waals surface area contributed by atoms with Gasteiger partial charge in [0.1, 0.15) is 0 Å². The second kappa shape index (κ2) is 6.51. The fourth-order valence-corrected chi connectivity index (χ4v) is 3.10. The largest absolute Gasteiger partial charge is 0.379 e. The number of rotatable bonds is 3. The van der Waals surface area contributed by atoms with Gasteiger partial charge in [0.05, 0.1) is 13.2 Å². The van der Waals surface area contributed by atoms with Crippen LogP contribution in [0.5, 0.6) is 0 Å². The smallest absolute Gasteiger partial charge is 0.0623 e. The normalized spacial score (nSPS) is 28.2. The zero-order valence-electron chi connectivity index (χ0n) is 11.5. The van der Waals surface area contributed by atoms with E-state index in [4.69, 9.17) is 4.74 Å². The van der Waals surface area contributed by atoms with E-state index in [-0.39, 0.29) is 0 Å². The summed E-state index contributed by atoms with van der Waals surface area (Å²) in [4.78, 5) is 0. The third-order valence-electron chi connectivity index (χ3n) is 4.23. The first-order chi connectivity index (χ1) is 9.42. The molecule has 3 rings (SSSR count). The van der Waals surface area contributed by atoms with Gasteiger partial charge in [-0.15, -0.1) is 0 Å². The molecule has 19 heavy (non-hydrogen) atoms. The van der Waals surface area contributed by atoms with Crippen LogP contribution >= 0.6 is 0 Å². The first-order valence-corrected chi connectivity index (χ1v) is 7.52. The molecule has 2 aliphatic rings. The van der Waals surface area contributed by atoms with Crippen LogP contribution in [0.3, 0.4) is 0 Å². The van der Waals surface area contributed by atoms with E-state index in [1.54, 1.807) is 0 Å². The average Bonchev–Trinajstić information content (AvgIpc) is 2.50. The average molecular weight is 260 g/mol. The number of benzene rings is 1. The lowest BCUT2D eigenvalue weighted by atomic mass is 9.90. The van der Waals surface area contributed by atoms with Crippen molar-refractivity contribution in [2.75, 3.05) is 32.8 Å². The van der Waals surface area contributed by atoms with Crippen molar-refractivity contribution in [3.63, 3.8) is 0 Å². The molecule has 2 fully saturated rings. The first kappa shape index (κ1) is 13.1. The lowest BCUT2D eigenvalue weighted by Gasteiger charge is -2.25. The van der Waals surface area contributed by atoms with Gasteiger partial charge in [-0.25, -0.2) is 0 Å². The highest BCUT2D eigenvalue weighted by Gasteiger charge is 2.16. The molecule has 0 aromatic heterocycles. The standard InChI is InChI=1S/C16H24N2O/c1-2-15(11-17-7-1)14-5-3-13(4-6-14)10-16-12-19-9-8-18-16/h3-6,15-18H,1-2,7-12H2. The highest BCUT2D eigenvalue weighted by molar-refractivity contribution is 5.26. The second-order valence-electron chi connectivity index (χ2n) is 5.71. The quantitative estimate of drug-likeness (QED) is 0.867. The Labute approximate surface area is 115 Å². The van der Waals surface area contributed by atoms with Crippen LogP contribution in [0.15, 0.2) is 24.3 Å². The molecule has 0 saturated carbocycles. The van der Waals surface area contributed by atoms with Crippen molar-refractivity contribution in [1.29, 1.82) is 0 Å². The number of morpholine rings is 1. The van der Waals surface area contributed by atoms with Crippen molar-refractivity contribution in [1.82, 2.24) is 10.6 Å². The van der Waals surface area contributed by atoms with E-state index in [0.29, 0.717) is 12.0 Å². The Hall–Kier alpha value is -0.900. The van der Waals surface area contributed by atoms with E-state index in [1.165, 1.54) is 30.5 Å². The van der Waals surface area contributed by atoms with Crippen LogP contribution in [-0.4, -0.2) is 38.9 Å². The minimum atomic E-state index is 0.482. The zero-order chi connectivity index (χ0) is 12.9. The molecule has 0 radical (unpaired) electrons. The number of piperidine rings is 1. The van der Waals surface area contributed by atoms with Crippen LogP contribution in [-0.2, 0) is 11.2 Å². The van der Waals surface area contributed by atoms with Crippen LogP contribution < -0.4 is 10.6 Å². The maximum Gasteiger partial charge on any atom is 0.0623 e. The molecule has 2 unspecified atom stereocenters. The van der Waals surface area contributed by atoms with Gasteiger partial charge in [-0.05, 0) is 42.9 Å². The van der Waals surface area contributed by atoms with E-state index < -0.39 is 0 Å². The summed E-state index contributed by atoms with van der Waals surface area (Å²) >= 11 is 0. The van der Waals surface area contributed by atoms with Crippen molar-refractivity contribution in [2.45, 2.75) is 31.2 Å². The summed E-state index contributed by atoms with van der Waals surface area (Å²) < 4.78 is 5.50. The van der Waals surface area contributed by atoms with Crippen molar-refractivity contribution < 1.29 is 4.74 Å². The number of nitrogens with one attached hydrogen (secondary N) is 2. The fourth-order valence-electron chi connectivity index (χ4n) is 3.10. The van der Waals surface area contributed by atoms with Crippen molar-refractivity contribution in [3.8, 4) is 0 Å². The topological polar surface area (TPSA) is 33.3 Å². The monoisotopic (exact) mass is 260 g/mol. The minimum absolute atomic E-state index is 0.482. The number of hydrogen-bond acceptors (Lipinski definition) is 3. The van der Waals surface area contributed by atoms with Gasteiger partial charge in [0.15, 0.2) is 0 Å². The van der Waals surface area contributed by atoms with E-state index in [2.05, 4.69) is 34.9 Å². The molecule has 0 bridgehead atoms.